The van der Waals surface area contributed by atoms with Crippen LogP contribution in [0.25, 0.3) is 20.4 Å². The maximum Gasteiger partial charge on any atom is 0.263 e. The van der Waals surface area contributed by atoms with Crippen molar-refractivity contribution in [2.24, 2.45) is 0 Å². The van der Waals surface area contributed by atoms with E-state index in [9.17, 15) is 19.2 Å². The van der Waals surface area contributed by atoms with Crippen molar-refractivity contribution in [3.8, 4) is 0 Å². The van der Waals surface area contributed by atoms with Gasteiger partial charge in [-0.25, -0.2) is 9.97 Å². The van der Waals surface area contributed by atoms with Crippen LogP contribution in [-0.2, 0) is 48.4 Å². The van der Waals surface area contributed by atoms with E-state index in [1.165, 1.54) is 33.3 Å². The highest BCUT2D eigenvalue weighted by atomic mass is 32.2. The molecule has 0 saturated carbocycles. The zero-order valence-electron chi connectivity index (χ0n) is 28.4. The molecule has 2 amide bonds. The predicted octanol–water partition coefficient (Wildman–Crippen LogP) is 6.04. The Bertz CT molecular complexity index is 1880. The second-order valence-electron chi connectivity index (χ2n) is 12.7. The highest BCUT2D eigenvalue weighted by molar-refractivity contribution is 8.00. The average Bonchev–Trinajstić information content (AvgIpc) is 3.68. The lowest BCUT2D eigenvalue weighted by Gasteiger charge is -2.12. The number of fused-ring (bicyclic) bond motifs is 6. The molecule has 4 heterocycles. The monoisotopic (exact) mass is 752 g/mol. The summed E-state index contributed by atoms with van der Waals surface area (Å²) in [6.45, 7) is 9.49. The van der Waals surface area contributed by atoms with E-state index in [0.717, 1.165) is 109 Å². The summed E-state index contributed by atoms with van der Waals surface area (Å²) < 4.78 is 3.28. The van der Waals surface area contributed by atoms with E-state index in [4.69, 9.17) is 9.97 Å². The van der Waals surface area contributed by atoms with Gasteiger partial charge < -0.3 is 10.6 Å². The van der Waals surface area contributed by atoms with Crippen LogP contribution in [-0.4, -0.2) is 55.5 Å². The molecule has 2 aliphatic rings. The number of aryl methyl sites for hydroxylation is 4. The summed E-state index contributed by atoms with van der Waals surface area (Å²) >= 11 is 5.82. The fourth-order valence-electron chi connectivity index (χ4n) is 6.66. The van der Waals surface area contributed by atoms with E-state index in [1.54, 1.807) is 44.0 Å². The first kappa shape index (κ1) is 36.6. The molecule has 0 radical (unpaired) electrons. The first-order valence-corrected chi connectivity index (χ1v) is 21.1. The zero-order valence-corrected chi connectivity index (χ0v) is 31.6. The molecule has 0 aliphatic heterocycles. The van der Waals surface area contributed by atoms with Gasteiger partial charge in [-0.15, -0.1) is 35.8 Å². The standard InChI is InChI=1S/C36H44N6O4S4/c1-3-19-41-33(45)29-23-13-7-9-15-25(23)49-31(29)39-35(41)47-21-27(43)37-17-11-5-6-12-18-38-28(44)22-48-36-40-32-30(34(46)42(36)20-4-2)24-14-8-10-16-26(24)50-32/h3-4H,1-2,5-22H2,(H,37,43)(H,38,44). The number of thioether (sulfide) groups is 2. The fourth-order valence-corrected chi connectivity index (χ4v) is 10.9. The molecule has 4 aromatic heterocycles. The lowest BCUT2D eigenvalue weighted by Crippen LogP contribution is -2.28. The van der Waals surface area contributed by atoms with Gasteiger partial charge in [0.25, 0.3) is 11.1 Å². The number of nitrogens with one attached hydrogen (secondary N) is 2. The van der Waals surface area contributed by atoms with Crippen molar-refractivity contribution in [3.05, 3.63) is 66.9 Å². The van der Waals surface area contributed by atoms with Crippen LogP contribution >= 0.6 is 46.2 Å². The summed E-state index contributed by atoms with van der Waals surface area (Å²) in [5.41, 5.74) is 2.26. The largest absolute Gasteiger partial charge is 0.355 e. The third-order valence-electron chi connectivity index (χ3n) is 9.12. The number of rotatable bonds is 17. The number of carbonyl (C=O) groups excluding carboxylic acids is 2. The lowest BCUT2D eigenvalue weighted by atomic mass is 9.97. The molecule has 0 bridgehead atoms. The molecule has 6 rings (SSSR count). The molecule has 0 aromatic carbocycles. The van der Waals surface area contributed by atoms with Crippen LogP contribution < -0.4 is 21.8 Å². The Morgan fingerprint density at radius 2 is 1.10 bits per heavy atom. The number of unbranched alkanes of at least 4 members (excludes halogenated alkanes) is 3. The minimum absolute atomic E-state index is 0.0348. The van der Waals surface area contributed by atoms with Gasteiger partial charge in [0.15, 0.2) is 10.3 Å². The Hall–Kier alpha value is -3.20. The number of carbonyl (C=O) groups is 2. The van der Waals surface area contributed by atoms with Crippen molar-refractivity contribution >= 4 is 78.4 Å². The molecule has 4 aromatic rings. The van der Waals surface area contributed by atoms with Gasteiger partial charge >= 0.3 is 0 Å². The third kappa shape index (κ3) is 8.29. The van der Waals surface area contributed by atoms with Crippen molar-refractivity contribution in [1.29, 1.82) is 0 Å². The molecule has 266 valence electrons. The molecule has 0 fully saturated rings. The number of allylic oxidation sites excluding steroid dienone is 2. The van der Waals surface area contributed by atoms with E-state index in [2.05, 4.69) is 23.8 Å². The van der Waals surface area contributed by atoms with Gasteiger partial charge in [-0.3, -0.25) is 28.3 Å². The van der Waals surface area contributed by atoms with Gasteiger partial charge in [0.1, 0.15) is 9.66 Å². The van der Waals surface area contributed by atoms with Crippen LogP contribution in [0.5, 0.6) is 0 Å². The first-order valence-electron chi connectivity index (χ1n) is 17.5. The molecule has 0 saturated heterocycles. The molecule has 0 spiro atoms. The normalized spacial score (nSPS) is 14.0. The minimum Gasteiger partial charge on any atom is -0.355 e. The number of aromatic nitrogens is 4. The van der Waals surface area contributed by atoms with Crippen LogP contribution in [0.3, 0.4) is 0 Å². The maximum atomic E-state index is 13.4. The minimum atomic E-state index is -0.0874. The zero-order chi connectivity index (χ0) is 35.0. The van der Waals surface area contributed by atoms with Gasteiger partial charge in [-0.05, 0) is 75.3 Å². The molecule has 2 N–H and O–H groups in total. The van der Waals surface area contributed by atoms with Gasteiger partial charge in [-0.2, -0.15) is 0 Å². The van der Waals surface area contributed by atoms with Crippen molar-refractivity contribution in [2.75, 3.05) is 24.6 Å². The van der Waals surface area contributed by atoms with E-state index in [1.807, 2.05) is 0 Å². The van der Waals surface area contributed by atoms with Crippen molar-refractivity contribution in [2.45, 2.75) is 100 Å². The van der Waals surface area contributed by atoms with Crippen molar-refractivity contribution in [3.63, 3.8) is 0 Å². The number of hydrogen-bond acceptors (Lipinski definition) is 10. The summed E-state index contributed by atoms with van der Waals surface area (Å²) in [5.74, 6) is 0.200. The van der Waals surface area contributed by atoms with E-state index in [-0.39, 0.29) is 34.4 Å². The van der Waals surface area contributed by atoms with Crippen LogP contribution in [0, 0.1) is 0 Å². The van der Waals surface area contributed by atoms with Gasteiger partial charge in [0.05, 0.1) is 22.3 Å². The van der Waals surface area contributed by atoms with E-state index < -0.39 is 0 Å². The Balaban J connectivity index is 0.891. The number of amides is 2. The smallest absolute Gasteiger partial charge is 0.263 e. The van der Waals surface area contributed by atoms with Gasteiger partial charge in [-0.1, -0.05) is 48.5 Å². The second-order valence-corrected chi connectivity index (χ2v) is 16.7. The SMILES string of the molecule is C=CCn1c(SCC(=O)NCCCCCCNC(=O)CSc2nc3sc4c(c3c(=O)n2CC=C)CCCC4)nc2sc3c(c2c1=O)CCCC3. The summed E-state index contributed by atoms with van der Waals surface area (Å²) in [6, 6.07) is 0. The predicted molar refractivity (Wildman–Crippen MR) is 207 cm³/mol. The van der Waals surface area contributed by atoms with Crippen molar-refractivity contribution < 1.29 is 9.59 Å². The lowest BCUT2D eigenvalue weighted by molar-refractivity contribution is -0.119. The van der Waals surface area contributed by atoms with Crippen LogP contribution in [0.4, 0.5) is 0 Å². The summed E-state index contributed by atoms with van der Waals surface area (Å²) in [5, 5.41) is 8.56. The summed E-state index contributed by atoms with van der Waals surface area (Å²) in [4.78, 5) is 65.8. The summed E-state index contributed by atoms with van der Waals surface area (Å²) in [7, 11) is 0. The van der Waals surface area contributed by atoms with E-state index in [0.29, 0.717) is 36.5 Å². The maximum absolute atomic E-state index is 13.4. The highest BCUT2D eigenvalue weighted by Crippen LogP contribution is 2.36. The number of hydrogen-bond donors (Lipinski definition) is 2. The molecule has 0 unspecified atom stereocenters. The Morgan fingerprint density at radius 1 is 0.680 bits per heavy atom. The molecular formula is C36H44N6O4S4. The molecule has 0 atom stereocenters. The Labute approximate surface area is 308 Å². The molecule has 14 heteroatoms. The molecular weight excluding hydrogens is 709 g/mol. The molecule has 2 aliphatic carbocycles. The van der Waals surface area contributed by atoms with Gasteiger partial charge in [0, 0.05) is 35.9 Å². The van der Waals surface area contributed by atoms with E-state index >= 15 is 0 Å². The Kier molecular flexibility index (Phi) is 12.7. The first-order chi connectivity index (χ1) is 24.4. The second kappa shape index (κ2) is 17.3. The molecule has 50 heavy (non-hydrogen) atoms. The Morgan fingerprint density at radius 3 is 1.52 bits per heavy atom. The quantitative estimate of drug-likeness (QED) is 0.0579. The fraction of sp³-hybridized carbons (Fsp3) is 0.500. The van der Waals surface area contributed by atoms with Crippen LogP contribution in [0.2, 0.25) is 0 Å². The molecule has 10 nitrogen and oxygen atoms in total. The topological polar surface area (TPSA) is 128 Å². The van der Waals surface area contributed by atoms with Gasteiger partial charge in [0.2, 0.25) is 11.8 Å². The van der Waals surface area contributed by atoms with Crippen LogP contribution in [0.15, 0.2) is 45.2 Å². The third-order valence-corrected chi connectivity index (χ3v) is 13.4. The average molecular weight is 753 g/mol. The number of thiophene rings is 2. The number of nitrogens with zero attached hydrogens (tertiary/aromatic N) is 4. The van der Waals surface area contributed by atoms with Crippen LogP contribution in [0.1, 0.15) is 72.2 Å². The summed E-state index contributed by atoms with van der Waals surface area (Å²) in [6.07, 6.45) is 15.3. The van der Waals surface area contributed by atoms with Crippen molar-refractivity contribution in [1.82, 2.24) is 29.7 Å². The highest BCUT2D eigenvalue weighted by Gasteiger charge is 2.24.